The van der Waals surface area contributed by atoms with Crippen molar-refractivity contribution in [3.8, 4) is 5.75 Å². The van der Waals surface area contributed by atoms with Gasteiger partial charge in [-0.15, -0.1) is 0 Å². The summed E-state index contributed by atoms with van der Waals surface area (Å²) in [4.78, 5) is 14.4. The summed E-state index contributed by atoms with van der Waals surface area (Å²) in [6.07, 6.45) is 3.48. The normalized spacial score (nSPS) is 17.3. The number of hydrogen-bond donors (Lipinski definition) is 2. The van der Waals surface area contributed by atoms with E-state index >= 15 is 0 Å². The quantitative estimate of drug-likeness (QED) is 0.719. The first-order chi connectivity index (χ1) is 12.2. The standard InChI is InChI=1S/C19H31N3O3/c1-3-22(4-2)13-12-20-19(23)21-17-10-5-6-11-18(17)25-15-16-9-7-8-14-24-16/h5-6,10-11,16H,3-4,7-9,12-15H2,1-2H3,(H2,20,21,23). The Kier molecular flexibility index (Phi) is 8.55. The zero-order valence-corrected chi connectivity index (χ0v) is 15.4. The van der Waals surface area contributed by atoms with Gasteiger partial charge >= 0.3 is 6.03 Å². The zero-order chi connectivity index (χ0) is 17.9. The number of hydrogen-bond acceptors (Lipinski definition) is 4. The van der Waals surface area contributed by atoms with E-state index in [1.165, 1.54) is 6.42 Å². The summed E-state index contributed by atoms with van der Waals surface area (Å²) in [5.74, 6) is 0.676. The number of likely N-dealkylation sites (N-methyl/N-ethyl adjacent to an activating group) is 1. The SMILES string of the molecule is CCN(CC)CCNC(=O)Nc1ccccc1OCC1CCCCO1. The molecule has 140 valence electrons. The van der Waals surface area contributed by atoms with Crippen LogP contribution in [0, 0.1) is 0 Å². The molecule has 1 fully saturated rings. The number of nitrogens with one attached hydrogen (secondary N) is 2. The van der Waals surface area contributed by atoms with Crippen LogP contribution in [0.25, 0.3) is 0 Å². The van der Waals surface area contributed by atoms with Crippen LogP contribution < -0.4 is 15.4 Å². The zero-order valence-electron chi connectivity index (χ0n) is 15.4. The van der Waals surface area contributed by atoms with Crippen molar-refractivity contribution in [3.05, 3.63) is 24.3 Å². The minimum Gasteiger partial charge on any atom is -0.489 e. The maximum Gasteiger partial charge on any atom is 0.319 e. The average Bonchev–Trinajstić information content (AvgIpc) is 2.65. The van der Waals surface area contributed by atoms with Gasteiger partial charge in [0.15, 0.2) is 0 Å². The second-order valence-electron chi connectivity index (χ2n) is 6.20. The molecule has 2 amide bonds. The van der Waals surface area contributed by atoms with Gasteiger partial charge in [0.1, 0.15) is 12.4 Å². The van der Waals surface area contributed by atoms with E-state index in [0.717, 1.165) is 39.1 Å². The van der Waals surface area contributed by atoms with Crippen molar-refractivity contribution in [2.75, 3.05) is 44.7 Å². The lowest BCUT2D eigenvalue weighted by atomic mass is 10.1. The van der Waals surface area contributed by atoms with E-state index in [4.69, 9.17) is 9.47 Å². The molecule has 6 nitrogen and oxygen atoms in total. The maximum absolute atomic E-state index is 12.1. The summed E-state index contributed by atoms with van der Waals surface area (Å²) in [6.45, 7) is 9.00. The molecule has 1 aliphatic heterocycles. The Bertz CT molecular complexity index is 514. The Morgan fingerprint density at radius 3 is 2.80 bits per heavy atom. The average molecular weight is 349 g/mol. The predicted molar refractivity (Wildman–Crippen MR) is 100 cm³/mol. The molecule has 0 aliphatic carbocycles. The lowest BCUT2D eigenvalue weighted by Gasteiger charge is -2.23. The fraction of sp³-hybridized carbons (Fsp3) is 0.632. The Labute approximate surface area is 150 Å². The largest absolute Gasteiger partial charge is 0.489 e. The molecular weight excluding hydrogens is 318 g/mol. The van der Waals surface area contributed by atoms with Gasteiger partial charge in [-0.05, 0) is 44.5 Å². The monoisotopic (exact) mass is 349 g/mol. The fourth-order valence-corrected chi connectivity index (χ4v) is 2.85. The third-order valence-corrected chi connectivity index (χ3v) is 4.44. The molecule has 1 aromatic rings. The van der Waals surface area contributed by atoms with E-state index in [0.29, 0.717) is 24.6 Å². The highest BCUT2D eigenvalue weighted by molar-refractivity contribution is 5.90. The smallest absolute Gasteiger partial charge is 0.319 e. The minimum atomic E-state index is -0.211. The summed E-state index contributed by atoms with van der Waals surface area (Å²) in [7, 11) is 0. The minimum absolute atomic E-state index is 0.143. The van der Waals surface area contributed by atoms with Crippen molar-refractivity contribution in [3.63, 3.8) is 0 Å². The molecule has 2 N–H and O–H groups in total. The van der Waals surface area contributed by atoms with Gasteiger partial charge in [0, 0.05) is 19.7 Å². The number of benzene rings is 1. The van der Waals surface area contributed by atoms with Gasteiger partial charge in [0.25, 0.3) is 0 Å². The number of rotatable bonds is 9. The summed E-state index contributed by atoms with van der Waals surface area (Å²) < 4.78 is 11.6. The molecule has 0 radical (unpaired) electrons. The van der Waals surface area contributed by atoms with E-state index in [1.54, 1.807) is 0 Å². The van der Waals surface area contributed by atoms with Gasteiger partial charge in [0.05, 0.1) is 11.8 Å². The Morgan fingerprint density at radius 1 is 1.28 bits per heavy atom. The van der Waals surface area contributed by atoms with E-state index in [9.17, 15) is 4.79 Å². The number of ether oxygens (including phenoxy) is 2. The van der Waals surface area contributed by atoms with Crippen molar-refractivity contribution in [1.82, 2.24) is 10.2 Å². The van der Waals surface area contributed by atoms with Crippen LogP contribution in [-0.2, 0) is 4.74 Å². The maximum atomic E-state index is 12.1. The molecule has 1 heterocycles. The molecule has 25 heavy (non-hydrogen) atoms. The van der Waals surface area contributed by atoms with E-state index in [2.05, 4.69) is 29.4 Å². The van der Waals surface area contributed by atoms with E-state index in [1.807, 2.05) is 24.3 Å². The number of urea groups is 1. The lowest BCUT2D eigenvalue weighted by Crippen LogP contribution is -2.37. The molecule has 0 aromatic heterocycles. The topological polar surface area (TPSA) is 62.8 Å². The molecule has 1 unspecified atom stereocenters. The van der Waals surface area contributed by atoms with Gasteiger partial charge in [-0.2, -0.15) is 0 Å². The first kappa shape index (κ1) is 19.5. The van der Waals surface area contributed by atoms with Crippen LogP contribution in [0.4, 0.5) is 10.5 Å². The van der Waals surface area contributed by atoms with Crippen LogP contribution in [0.2, 0.25) is 0 Å². The van der Waals surface area contributed by atoms with E-state index < -0.39 is 0 Å². The van der Waals surface area contributed by atoms with Crippen LogP contribution in [0.5, 0.6) is 5.75 Å². The molecule has 0 bridgehead atoms. The summed E-state index contributed by atoms with van der Waals surface area (Å²) in [5, 5.41) is 5.76. The van der Waals surface area contributed by atoms with Crippen molar-refractivity contribution in [1.29, 1.82) is 0 Å². The van der Waals surface area contributed by atoms with Crippen molar-refractivity contribution in [2.45, 2.75) is 39.2 Å². The Morgan fingerprint density at radius 2 is 2.08 bits per heavy atom. The molecule has 1 aromatic carbocycles. The molecule has 6 heteroatoms. The van der Waals surface area contributed by atoms with Crippen LogP contribution >= 0.6 is 0 Å². The number of amides is 2. The van der Waals surface area contributed by atoms with Gasteiger partial charge < -0.3 is 25.0 Å². The van der Waals surface area contributed by atoms with Crippen LogP contribution in [0.1, 0.15) is 33.1 Å². The molecule has 0 spiro atoms. The molecule has 0 saturated carbocycles. The third-order valence-electron chi connectivity index (χ3n) is 4.44. The summed E-state index contributed by atoms with van der Waals surface area (Å²) in [5.41, 5.74) is 0.679. The third kappa shape index (κ3) is 6.92. The van der Waals surface area contributed by atoms with Gasteiger partial charge in [-0.3, -0.25) is 0 Å². The lowest BCUT2D eigenvalue weighted by molar-refractivity contribution is -0.0109. The van der Waals surface area contributed by atoms with Gasteiger partial charge in [-0.25, -0.2) is 4.79 Å². The fourth-order valence-electron chi connectivity index (χ4n) is 2.85. The second-order valence-corrected chi connectivity index (χ2v) is 6.20. The second kappa shape index (κ2) is 10.9. The molecule has 2 rings (SSSR count). The number of carbonyl (C=O) groups is 1. The molecule has 1 atom stereocenters. The van der Waals surface area contributed by atoms with E-state index in [-0.39, 0.29) is 12.1 Å². The van der Waals surface area contributed by atoms with Crippen LogP contribution in [0.15, 0.2) is 24.3 Å². The first-order valence-corrected chi connectivity index (χ1v) is 9.33. The number of anilines is 1. The number of carbonyl (C=O) groups excluding carboxylic acids is 1. The Balaban J connectivity index is 1.79. The molecule has 1 saturated heterocycles. The number of nitrogens with zero attached hydrogens (tertiary/aromatic N) is 1. The highest BCUT2D eigenvalue weighted by atomic mass is 16.5. The van der Waals surface area contributed by atoms with Crippen molar-refractivity contribution >= 4 is 11.7 Å². The summed E-state index contributed by atoms with van der Waals surface area (Å²) in [6, 6.07) is 7.29. The first-order valence-electron chi connectivity index (χ1n) is 9.33. The molecular formula is C19H31N3O3. The molecule has 1 aliphatic rings. The highest BCUT2D eigenvalue weighted by Crippen LogP contribution is 2.24. The van der Waals surface area contributed by atoms with Gasteiger partial charge in [-0.1, -0.05) is 26.0 Å². The highest BCUT2D eigenvalue weighted by Gasteiger charge is 2.15. The van der Waals surface area contributed by atoms with Crippen molar-refractivity contribution in [2.24, 2.45) is 0 Å². The van der Waals surface area contributed by atoms with Gasteiger partial charge in [0.2, 0.25) is 0 Å². The van der Waals surface area contributed by atoms with Crippen LogP contribution in [0.3, 0.4) is 0 Å². The van der Waals surface area contributed by atoms with Crippen LogP contribution in [-0.4, -0.2) is 56.4 Å². The Hall–Kier alpha value is -1.79. The summed E-state index contributed by atoms with van der Waals surface area (Å²) >= 11 is 0. The van der Waals surface area contributed by atoms with Crippen molar-refractivity contribution < 1.29 is 14.3 Å². The number of para-hydroxylation sites is 2. The predicted octanol–water partition coefficient (Wildman–Crippen LogP) is 3.10.